The van der Waals surface area contributed by atoms with E-state index in [9.17, 15) is 0 Å². The smallest absolute Gasteiger partial charge is 0.0666 e. The molecule has 0 saturated carbocycles. The van der Waals surface area contributed by atoms with Crippen molar-refractivity contribution in [3.63, 3.8) is 0 Å². The predicted octanol–water partition coefficient (Wildman–Crippen LogP) is 1.67. The molecule has 1 aromatic rings. The van der Waals surface area contributed by atoms with Crippen LogP contribution in [0.25, 0.3) is 0 Å². The van der Waals surface area contributed by atoms with Crippen molar-refractivity contribution in [1.29, 1.82) is 5.26 Å². The lowest BCUT2D eigenvalue weighted by Gasteiger charge is -2.16. The summed E-state index contributed by atoms with van der Waals surface area (Å²) in [5.74, 6) is 0.0729. The largest absolute Gasteiger partial charge is 0.299 e. The Morgan fingerprint density at radius 2 is 2.36 bits per heavy atom. The first-order valence-electron chi connectivity index (χ1n) is 4.70. The van der Waals surface area contributed by atoms with Crippen LogP contribution in [0.5, 0.6) is 0 Å². The van der Waals surface area contributed by atoms with Gasteiger partial charge >= 0.3 is 0 Å². The van der Waals surface area contributed by atoms with Gasteiger partial charge in [0.15, 0.2) is 0 Å². The molecule has 0 aliphatic carbocycles. The fourth-order valence-electron chi connectivity index (χ4n) is 1.34. The predicted molar refractivity (Wildman–Crippen MR) is 55.3 cm³/mol. The summed E-state index contributed by atoms with van der Waals surface area (Å²) in [5.41, 5.74) is 1.04. The first-order valence-corrected chi connectivity index (χ1v) is 4.70. The summed E-state index contributed by atoms with van der Waals surface area (Å²) in [4.78, 5) is 6.33. The first-order chi connectivity index (χ1) is 6.72. The zero-order valence-corrected chi connectivity index (χ0v) is 8.64. The average Bonchev–Trinajstić information content (AvgIpc) is 2.19. The van der Waals surface area contributed by atoms with E-state index < -0.39 is 0 Å². The van der Waals surface area contributed by atoms with Crippen molar-refractivity contribution < 1.29 is 0 Å². The Hall–Kier alpha value is -1.40. The third kappa shape index (κ3) is 3.55. The SMILES string of the molecule is CC(C#N)CN(C)Cc1ccccn1. The highest BCUT2D eigenvalue weighted by Crippen LogP contribution is 2.01. The van der Waals surface area contributed by atoms with Gasteiger partial charge in [-0.2, -0.15) is 5.26 Å². The lowest BCUT2D eigenvalue weighted by atomic mass is 10.2. The molecular weight excluding hydrogens is 174 g/mol. The molecule has 0 aliphatic heterocycles. The molecule has 0 amide bonds. The molecular formula is C11H15N3. The van der Waals surface area contributed by atoms with Crippen LogP contribution in [0.4, 0.5) is 0 Å². The molecule has 1 atom stereocenters. The molecule has 74 valence electrons. The van der Waals surface area contributed by atoms with Gasteiger partial charge in [-0.05, 0) is 26.1 Å². The van der Waals surface area contributed by atoms with Crippen molar-refractivity contribution in [2.24, 2.45) is 5.92 Å². The lowest BCUT2D eigenvalue weighted by molar-refractivity contribution is 0.300. The molecule has 1 rings (SSSR count). The molecule has 0 bridgehead atoms. The Bertz CT molecular complexity index is 302. The van der Waals surface area contributed by atoms with Crippen molar-refractivity contribution in [3.8, 4) is 6.07 Å². The Morgan fingerprint density at radius 3 is 2.93 bits per heavy atom. The summed E-state index contributed by atoms with van der Waals surface area (Å²) in [6.45, 7) is 3.51. The molecule has 1 heterocycles. The van der Waals surface area contributed by atoms with Gasteiger partial charge < -0.3 is 0 Å². The highest BCUT2D eigenvalue weighted by Gasteiger charge is 2.05. The molecule has 0 N–H and O–H groups in total. The van der Waals surface area contributed by atoms with Gasteiger partial charge in [0.2, 0.25) is 0 Å². The third-order valence-corrected chi connectivity index (χ3v) is 1.96. The van der Waals surface area contributed by atoms with Crippen molar-refractivity contribution in [2.45, 2.75) is 13.5 Å². The molecule has 0 aliphatic rings. The number of pyridine rings is 1. The van der Waals surface area contributed by atoms with Crippen LogP contribution in [0, 0.1) is 17.2 Å². The van der Waals surface area contributed by atoms with E-state index in [1.54, 1.807) is 6.20 Å². The van der Waals surface area contributed by atoms with E-state index in [1.165, 1.54) is 0 Å². The topological polar surface area (TPSA) is 39.9 Å². The Kier molecular flexibility index (Phi) is 4.09. The van der Waals surface area contributed by atoms with Crippen molar-refractivity contribution in [3.05, 3.63) is 30.1 Å². The van der Waals surface area contributed by atoms with Gasteiger partial charge in [0.25, 0.3) is 0 Å². The number of nitriles is 1. The van der Waals surface area contributed by atoms with E-state index in [0.717, 1.165) is 18.8 Å². The van der Waals surface area contributed by atoms with Crippen LogP contribution in [-0.2, 0) is 6.54 Å². The third-order valence-electron chi connectivity index (χ3n) is 1.96. The van der Waals surface area contributed by atoms with E-state index in [-0.39, 0.29) is 5.92 Å². The Balaban J connectivity index is 2.42. The molecule has 0 spiro atoms. The van der Waals surface area contributed by atoms with Crippen LogP contribution in [0.3, 0.4) is 0 Å². The zero-order valence-electron chi connectivity index (χ0n) is 8.64. The van der Waals surface area contributed by atoms with Gasteiger partial charge in [0.05, 0.1) is 17.7 Å². The molecule has 3 heteroatoms. The second-order valence-corrected chi connectivity index (χ2v) is 3.55. The van der Waals surface area contributed by atoms with Gasteiger partial charge in [0, 0.05) is 19.3 Å². The quantitative estimate of drug-likeness (QED) is 0.723. The van der Waals surface area contributed by atoms with Crippen LogP contribution in [0.2, 0.25) is 0 Å². The minimum absolute atomic E-state index is 0.0729. The standard InChI is InChI=1S/C11H15N3/c1-10(7-12)8-14(2)9-11-5-3-4-6-13-11/h3-6,10H,8-9H2,1-2H3. The zero-order chi connectivity index (χ0) is 10.4. The Labute approximate surface area is 85.0 Å². The normalized spacial score (nSPS) is 12.4. The molecule has 0 saturated heterocycles. The Morgan fingerprint density at radius 1 is 1.57 bits per heavy atom. The number of hydrogen-bond acceptors (Lipinski definition) is 3. The van der Waals surface area contributed by atoms with Gasteiger partial charge in [-0.1, -0.05) is 6.07 Å². The second-order valence-electron chi connectivity index (χ2n) is 3.55. The van der Waals surface area contributed by atoms with E-state index in [2.05, 4.69) is 16.0 Å². The summed E-state index contributed by atoms with van der Waals surface area (Å²) in [5, 5.41) is 8.66. The molecule has 1 aromatic heterocycles. The molecule has 0 radical (unpaired) electrons. The maximum atomic E-state index is 8.66. The van der Waals surface area contributed by atoms with E-state index in [4.69, 9.17) is 5.26 Å². The summed E-state index contributed by atoms with van der Waals surface area (Å²) in [6, 6.07) is 8.09. The van der Waals surface area contributed by atoms with E-state index in [1.807, 2.05) is 32.2 Å². The van der Waals surface area contributed by atoms with Gasteiger partial charge in [-0.15, -0.1) is 0 Å². The molecule has 1 unspecified atom stereocenters. The number of rotatable bonds is 4. The minimum atomic E-state index is 0.0729. The lowest BCUT2D eigenvalue weighted by Crippen LogP contribution is -2.23. The number of hydrogen-bond donors (Lipinski definition) is 0. The van der Waals surface area contributed by atoms with E-state index >= 15 is 0 Å². The molecule has 0 fully saturated rings. The van der Waals surface area contributed by atoms with Crippen LogP contribution < -0.4 is 0 Å². The summed E-state index contributed by atoms with van der Waals surface area (Å²) in [6.07, 6.45) is 1.79. The molecule has 14 heavy (non-hydrogen) atoms. The number of nitrogens with zero attached hydrogens (tertiary/aromatic N) is 3. The monoisotopic (exact) mass is 189 g/mol. The fraction of sp³-hybridized carbons (Fsp3) is 0.455. The van der Waals surface area contributed by atoms with Gasteiger partial charge in [-0.3, -0.25) is 9.88 Å². The van der Waals surface area contributed by atoms with Crippen molar-refractivity contribution >= 4 is 0 Å². The van der Waals surface area contributed by atoms with Crippen LogP contribution in [0.1, 0.15) is 12.6 Å². The summed E-state index contributed by atoms with van der Waals surface area (Å²) < 4.78 is 0. The molecule has 0 aromatic carbocycles. The highest BCUT2D eigenvalue weighted by molar-refractivity contribution is 5.03. The summed E-state index contributed by atoms with van der Waals surface area (Å²) in [7, 11) is 2.00. The maximum Gasteiger partial charge on any atom is 0.0666 e. The van der Waals surface area contributed by atoms with Gasteiger partial charge in [-0.25, -0.2) is 0 Å². The second kappa shape index (κ2) is 5.36. The van der Waals surface area contributed by atoms with Crippen LogP contribution in [0.15, 0.2) is 24.4 Å². The van der Waals surface area contributed by atoms with Crippen molar-refractivity contribution in [2.75, 3.05) is 13.6 Å². The van der Waals surface area contributed by atoms with Crippen LogP contribution >= 0.6 is 0 Å². The van der Waals surface area contributed by atoms with E-state index in [0.29, 0.717) is 0 Å². The summed E-state index contributed by atoms with van der Waals surface area (Å²) >= 11 is 0. The van der Waals surface area contributed by atoms with Gasteiger partial charge in [0.1, 0.15) is 0 Å². The highest BCUT2D eigenvalue weighted by atomic mass is 15.1. The average molecular weight is 189 g/mol. The van der Waals surface area contributed by atoms with Crippen molar-refractivity contribution in [1.82, 2.24) is 9.88 Å². The van der Waals surface area contributed by atoms with Crippen LogP contribution in [-0.4, -0.2) is 23.5 Å². The molecule has 3 nitrogen and oxygen atoms in total. The fourth-order valence-corrected chi connectivity index (χ4v) is 1.34. The maximum absolute atomic E-state index is 8.66. The number of aromatic nitrogens is 1. The minimum Gasteiger partial charge on any atom is -0.299 e. The first kappa shape index (κ1) is 10.7.